The van der Waals surface area contributed by atoms with E-state index in [1.165, 1.54) is 45.7 Å². The van der Waals surface area contributed by atoms with Crippen LogP contribution in [0, 0.1) is 23.7 Å². The van der Waals surface area contributed by atoms with Crippen LogP contribution in [0.3, 0.4) is 0 Å². The lowest BCUT2D eigenvalue weighted by molar-refractivity contribution is 0.0227. The molecule has 4 heteroatoms. The molecule has 4 rings (SSSR count). The van der Waals surface area contributed by atoms with Crippen molar-refractivity contribution in [3.05, 3.63) is 0 Å². The highest BCUT2D eigenvalue weighted by Gasteiger charge is 2.48. The molecule has 0 amide bonds. The predicted molar refractivity (Wildman–Crippen MR) is 89.0 cm³/mol. The zero-order valence-electron chi connectivity index (χ0n) is 14.6. The summed E-state index contributed by atoms with van der Waals surface area (Å²) in [4.78, 5) is 5.60. The molecule has 0 radical (unpaired) electrons. The highest BCUT2D eigenvalue weighted by atomic mass is 16.5. The van der Waals surface area contributed by atoms with E-state index in [0.717, 1.165) is 36.9 Å². The summed E-state index contributed by atoms with van der Waals surface area (Å²) in [6.45, 7) is 17.0. The third-order valence-corrected chi connectivity index (χ3v) is 7.54. The first kappa shape index (κ1) is 15.4. The van der Waals surface area contributed by atoms with Gasteiger partial charge in [-0.3, -0.25) is 9.80 Å². The molecule has 0 aromatic heterocycles. The van der Waals surface area contributed by atoms with E-state index in [4.69, 9.17) is 4.74 Å². The maximum absolute atomic E-state index is 5.66. The highest BCUT2D eigenvalue weighted by molar-refractivity contribution is 5.04. The monoisotopic (exact) mass is 307 g/mol. The largest absolute Gasteiger partial charge is 0.381 e. The molecule has 4 nitrogen and oxygen atoms in total. The van der Waals surface area contributed by atoms with E-state index >= 15 is 0 Å². The van der Waals surface area contributed by atoms with Crippen molar-refractivity contribution >= 4 is 0 Å². The summed E-state index contributed by atoms with van der Waals surface area (Å²) in [6, 6.07) is 0.648. The van der Waals surface area contributed by atoms with Crippen molar-refractivity contribution in [1.82, 2.24) is 15.1 Å². The summed E-state index contributed by atoms with van der Waals surface area (Å²) in [7, 11) is 0. The van der Waals surface area contributed by atoms with Crippen LogP contribution in [0.15, 0.2) is 0 Å². The van der Waals surface area contributed by atoms with Crippen LogP contribution in [-0.2, 0) is 4.74 Å². The zero-order valence-corrected chi connectivity index (χ0v) is 14.6. The Labute approximate surface area is 135 Å². The molecule has 4 fully saturated rings. The van der Waals surface area contributed by atoms with E-state index in [9.17, 15) is 0 Å². The van der Waals surface area contributed by atoms with Gasteiger partial charge in [0.05, 0.1) is 13.2 Å². The van der Waals surface area contributed by atoms with Crippen molar-refractivity contribution in [2.75, 3.05) is 52.5 Å². The lowest BCUT2D eigenvalue weighted by Gasteiger charge is -2.47. The molecule has 4 aliphatic heterocycles. The molecule has 4 aliphatic rings. The number of nitrogens with zero attached hydrogens (tertiary/aromatic N) is 2. The summed E-state index contributed by atoms with van der Waals surface area (Å²) in [6.07, 6.45) is 1.25. The number of fused-ring (bicyclic) bond motifs is 2. The number of rotatable bonds is 4. The lowest BCUT2D eigenvalue weighted by atomic mass is 9.87. The van der Waals surface area contributed by atoms with Crippen LogP contribution >= 0.6 is 0 Å². The Kier molecular flexibility index (Phi) is 4.00. The Bertz CT molecular complexity index is 393. The molecule has 0 spiro atoms. The number of hydrogen-bond acceptors (Lipinski definition) is 4. The smallest absolute Gasteiger partial charge is 0.0510 e. The third kappa shape index (κ3) is 2.34. The van der Waals surface area contributed by atoms with Crippen molar-refractivity contribution in [2.45, 2.75) is 38.8 Å². The Hall–Kier alpha value is -0.160. The van der Waals surface area contributed by atoms with Gasteiger partial charge in [0, 0.05) is 49.6 Å². The molecule has 6 unspecified atom stereocenters. The second kappa shape index (κ2) is 5.73. The molecule has 22 heavy (non-hydrogen) atoms. The van der Waals surface area contributed by atoms with Gasteiger partial charge in [0.15, 0.2) is 0 Å². The van der Waals surface area contributed by atoms with Crippen LogP contribution in [0.25, 0.3) is 0 Å². The molecular formula is C18H33N3O. The minimum absolute atomic E-state index is 0.323. The third-order valence-electron chi connectivity index (χ3n) is 7.54. The van der Waals surface area contributed by atoms with Gasteiger partial charge in [-0.05, 0) is 45.2 Å². The van der Waals surface area contributed by atoms with Crippen molar-refractivity contribution in [2.24, 2.45) is 23.7 Å². The van der Waals surface area contributed by atoms with Gasteiger partial charge >= 0.3 is 0 Å². The van der Waals surface area contributed by atoms with Crippen LogP contribution in [-0.4, -0.2) is 73.9 Å². The van der Waals surface area contributed by atoms with Crippen molar-refractivity contribution in [3.8, 4) is 0 Å². The van der Waals surface area contributed by atoms with Crippen LogP contribution in [0.1, 0.15) is 27.2 Å². The molecule has 1 N–H and O–H groups in total. The van der Waals surface area contributed by atoms with Crippen molar-refractivity contribution in [1.29, 1.82) is 0 Å². The fourth-order valence-corrected chi connectivity index (χ4v) is 5.49. The molecule has 6 atom stereocenters. The second-order valence-electron chi connectivity index (χ2n) is 8.48. The zero-order chi connectivity index (χ0) is 15.3. The molecule has 0 aliphatic carbocycles. The number of ether oxygens (including phenoxy) is 1. The summed E-state index contributed by atoms with van der Waals surface area (Å²) in [5.41, 5.74) is 0.323. The molecule has 4 saturated heterocycles. The van der Waals surface area contributed by atoms with Gasteiger partial charge in [-0.25, -0.2) is 0 Å². The molecule has 4 heterocycles. The van der Waals surface area contributed by atoms with Crippen molar-refractivity contribution in [3.63, 3.8) is 0 Å². The summed E-state index contributed by atoms with van der Waals surface area (Å²) < 4.78 is 5.66. The van der Waals surface area contributed by atoms with Crippen LogP contribution in [0.2, 0.25) is 0 Å². The standard InChI is InChI=1S/C18H33N3O/c1-4-18(3,21-9-14-5-19-6-15(14)10-21)13(2)20-7-16-11-22-12-17(16)8-20/h13-17,19H,4-12H2,1-3H3. The first-order valence-corrected chi connectivity index (χ1v) is 9.39. The molecule has 0 saturated carbocycles. The maximum atomic E-state index is 5.66. The normalized spacial score (nSPS) is 43.2. The molecule has 0 aromatic rings. The van der Waals surface area contributed by atoms with E-state index in [1.54, 1.807) is 0 Å². The van der Waals surface area contributed by atoms with E-state index in [0.29, 0.717) is 11.6 Å². The van der Waals surface area contributed by atoms with E-state index in [2.05, 4.69) is 35.9 Å². The van der Waals surface area contributed by atoms with E-state index in [-0.39, 0.29) is 0 Å². The van der Waals surface area contributed by atoms with Crippen LogP contribution in [0.4, 0.5) is 0 Å². The van der Waals surface area contributed by atoms with Gasteiger partial charge in [0.2, 0.25) is 0 Å². The van der Waals surface area contributed by atoms with Gasteiger partial charge in [-0.15, -0.1) is 0 Å². The Balaban J connectivity index is 1.46. The Morgan fingerprint density at radius 1 is 1.05 bits per heavy atom. The van der Waals surface area contributed by atoms with Gasteiger partial charge < -0.3 is 10.1 Å². The minimum atomic E-state index is 0.323. The molecular weight excluding hydrogens is 274 g/mol. The van der Waals surface area contributed by atoms with Crippen LogP contribution < -0.4 is 5.32 Å². The van der Waals surface area contributed by atoms with Crippen LogP contribution in [0.5, 0.6) is 0 Å². The molecule has 0 aromatic carbocycles. The number of nitrogens with one attached hydrogen (secondary N) is 1. The fourth-order valence-electron chi connectivity index (χ4n) is 5.49. The number of hydrogen-bond donors (Lipinski definition) is 1. The SMILES string of the molecule is CCC(C)(C(C)N1CC2COCC2C1)N1CC2CNCC2C1. The van der Waals surface area contributed by atoms with Crippen molar-refractivity contribution < 1.29 is 4.74 Å². The fraction of sp³-hybridized carbons (Fsp3) is 1.00. The number of likely N-dealkylation sites (tertiary alicyclic amines) is 2. The van der Waals surface area contributed by atoms with E-state index in [1.807, 2.05) is 0 Å². The summed E-state index contributed by atoms with van der Waals surface area (Å²) >= 11 is 0. The maximum Gasteiger partial charge on any atom is 0.0510 e. The van der Waals surface area contributed by atoms with Gasteiger partial charge in [-0.2, -0.15) is 0 Å². The predicted octanol–water partition coefficient (Wildman–Crippen LogP) is 1.27. The van der Waals surface area contributed by atoms with E-state index < -0.39 is 0 Å². The lowest BCUT2D eigenvalue weighted by Crippen LogP contribution is -2.58. The average molecular weight is 307 g/mol. The Morgan fingerprint density at radius 2 is 1.64 bits per heavy atom. The first-order valence-electron chi connectivity index (χ1n) is 9.39. The minimum Gasteiger partial charge on any atom is -0.381 e. The van der Waals surface area contributed by atoms with Gasteiger partial charge in [0.25, 0.3) is 0 Å². The molecule has 0 bridgehead atoms. The topological polar surface area (TPSA) is 27.7 Å². The molecule has 126 valence electrons. The first-order chi connectivity index (χ1) is 10.6. The summed E-state index contributed by atoms with van der Waals surface area (Å²) in [5, 5.41) is 3.57. The van der Waals surface area contributed by atoms with Gasteiger partial charge in [-0.1, -0.05) is 6.92 Å². The quantitative estimate of drug-likeness (QED) is 0.847. The average Bonchev–Trinajstić information content (AvgIpc) is 3.22. The summed E-state index contributed by atoms with van der Waals surface area (Å²) in [5.74, 6) is 3.38. The highest BCUT2D eigenvalue weighted by Crippen LogP contribution is 2.39. The second-order valence-corrected chi connectivity index (χ2v) is 8.48. The Morgan fingerprint density at radius 3 is 2.18 bits per heavy atom. The van der Waals surface area contributed by atoms with Gasteiger partial charge in [0.1, 0.15) is 0 Å².